The van der Waals surface area contributed by atoms with Gasteiger partial charge in [0, 0.05) is 23.1 Å². The second kappa shape index (κ2) is 8.43. The number of nitrogens with zero attached hydrogens (tertiary/aromatic N) is 6. The molecule has 4 aromatic rings. The standard InChI is InChI=1S/C24H22BrFN6/c1-15-10-18(27-12-22(15)31-13-16(2)28-14-31)6-8-23-29-24-20(4-3-9-32(24)30-23)19-7-5-17(26)11-21(19)25/h5-8,10-14,20H,3-4,9H2,1-2H3/b8-6+/t20-/m1/s1. The summed E-state index contributed by atoms with van der Waals surface area (Å²) in [6.07, 6.45) is 11.4. The average molecular weight is 493 g/mol. The Kier molecular flexibility index (Phi) is 5.46. The minimum atomic E-state index is -0.251. The van der Waals surface area contributed by atoms with Crippen molar-refractivity contribution in [1.29, 1.82) is 0 Å². The highest BCUT2D eigenvalue weighted by atomic mass is 79.9. The van der Waals surface area contributed by atoms with E-state index in [4.69, 9.17) is 4.98 Å². The van der Waals surface area contributed by atoms with E-state index in [2.05, 4.69) is 37.9 Å². The first-order valence-corrected chi connectivity index (χ1v) is 11.3. The first-order chi connectivity index (χ1) is 15.5. The van der Waals surface area contributed by atoms with Gasteiger partial charge in [-0.3, -0.25) is 4.98 Å². The van der Waals surface area contributed by atoms with Crippen LogP contribution in [0.1, 0.15) is 52.9 Å². The summed E-state index contributed by atoms with van der Waals surface area (Å²) in [6.45, 7) is 4.86. The molecule has 0 spiro atoms. The van der Waals surface area contributed by atoms with Crippen LogP contribution in [0.4, 0.5) is 4.39 Å². The van der Waals surface area contributed by atoms with Crippen LogP contribution < -0.4 is 0 Å². The monoisotopic (exact) mass is 492 g/mol. The number of aryl methyl sites for hydroxylation is 3. The Morgan fingerprint density at radius 3 is 2.78 bits per heavy atom. The topological polar surface area (TPSA) is 61.4 Å². The molecule has 0 fully saturated rings. The van der Waals surface area contributed by atoms with E-state index in [1.165, 1.54) is 12.1 Å². The zero-order valence-electron chi connectivity index (χ0n) is 17.8. The van der Waals surface area contributed by atoms with Crippen LogP contribution in [0.5, 0.6) is 0 Å². The normalized spacial score (nSPS) is 15.9. The van der Waals surface area contributed by atoms with Crippen molar-refractivity contribution in [2.45, 2.75) is 39.2 Å². The Hall–Kier alpha value is -3.13. The number of benzene rings is 1. The Labute approximate surface area is 194 Å². The third-order valence-electron chi connectivity index (χ3n) is 5.73. The summed E-state index contributed by atoms with van der Waals surface area (Å²) < 4.78 is 18.3. The van der Waals surface area contributed by atoms with Crippen molar-refractivity contribution in [3.8, 4) is 5.69 Å². The third-order valence-corrected chi connectivity index (χ3v) is 6.41. The van der Waals surface area contributed by atoms with Gasteiger partial charge >= 0.3 is 0 Å². The lowest BCUT2D eigenvalue weighted by Crippen LogP contribution is -2.18. The molecule has 1 atom stereocenters. The van der Waals surface area contributed by atoms with Gasteiger partial charge < -0.3 is 4.57 Å². The van der Waals surface area contributed by atoms with Gasteiger partial charge in [0.25, 0.3) is 0 Å². The molecule has 6 nitrogen and oxygen atoms in total. The van der Waals surface area contributed by atoms with E-state index in [9.17, 15) is 4.39 Å². The maximum atomic E-state index is 13.5. The molecular formula is C24H22BrFN6. The van der Waals surface area contributed by atoms with Gasteiger partial charge in [-0.1, -0.05) is 22.0 Å². The fourth-order valence-corrected chi connectivity index (χ4v) is 4.79. The van der Waals surface area contributed by atoms with Gasteiger partial charge in [-0.2, -0.15) is 5.10 Å². The molecule has 0 N–H and O–H groups in total. The smallest absolute Gasteiger partial charge is 0.174 e. The molecule has 32 heavy (non-hydrogen) atoms. The van der Waals surface area contributed by atoms with Crippen molar-refractivity contribution in [2.75, 3.05) is 0 Å². The van der Waals surface area contributed by atoms with Gasteiger partial charge in [-0.05, 0) is 68.2 Å². The van der Waals surface area contributed by atoms with E-state index < -0.39 is 0 Å². The second-order valence-electron chi connectivity index (χ2n) is 8.06. The number of fused-ring (bicyclic) bond motifs is 1. The first-order valence-electron chi connectivity index (χ1n) is 10.5. The molecule has 0 saturated carbocycles. The maximum absolute atomic E-state index is 13.5. The summed E-state index contributed by atoms with van der Waals surface area (Å²) in [7, 11) is 0. The predicted octanol–water partition coefficient (Wildman–Crippen LogP) is 5.47. The highest BCUT2D eigenvalue weighted by Gasteiger charge is 2.27. The molecule has 4 heterocycles. The summed E-state index contributed by atoms with van der Waals surface area (Å²) in [4.78, 5) is 13.6. The van der Waals surface area contributed by atoms with Gasteiger partial charge in [0.05, 0.1) is 29.6 Å². The van der Waals surface area contributed by atoms with E-state index in [0.717, 1.165) is 57.9 Å². The molecule has 1 aliphatic rings. The summed E-state index contributed by atoms with van der Waals surface area (Å²) in [5, 5.41) is 4.67. The number of aromatic nitrogens is 6. The average Bonchev–Trinajstić information content (AvgIpc) is 3.38. The number of halogens is 2. The molecule has 0 saturated heterocycles. The van der Waals surface area contributed by atoms with Gasteiger partial charge in [-0.25, -0.2) is 19.0 Å². The van der Waals surface area contributed by atoms with Crippen LogP contribution in [0.25, 0.3) is 17.8 Å². The van der Waals surface area contributed by atoms with E-state index in [0.29, 0.717) is 5.82 Å². The first kappa shape index (κ1) is 20.8. The van der Waals surface area contributed by atoms with Gasteiger partial charge in [-0.15, -0.1) is 0 Å². The van der Waals surface area contributed by atoms with E-state index >= 15 is 0 Å². The van der Waals surface area contributed by atoms with Gasteiger partial charge in [0.2, 0.25) is 0 Å². The van der Waals surface area contributed by atoms with Crippen molar-refractivity contribution < 1.29 is 4.39 Å². The minimum absolute atomic E-state index is 0.0895. The highest BCUT2D eigenvalue weighted by Crippen LogP contribution is 2.36. The maximum Gasteiger partial charge on any atom is 0.174 e. The van der Waals surface area contributed by atoms with Crippen LogP contribution in [0.3, 0.4) is 0 Å². The molecule has 1 aliphatic heterocycles. The lowest BCUT2D eigenvalue weighted by atomic mass is 9.91. The zero-order valence-corrected chi connectivity index (χ0v) is 19.4. The van der Waals surface area contributed by atoms with Gasteiger partial charge in [0.1, 0.15) is 11.6 Å². The Morgan fingerprint density at radius 1 is 1.16 bits per heavy atom. The van der Waals surface area contributed by atoms with E-state index in [1.54, 1.807) is 6.33 Å². The van der Waals surface area contributed by atoms with E-state index in [-0.39, 0.29) is 11.7 Å². The lowest BCUT2D eigenvalue weighted by molar-refractivity contribution is 0.444. The van der Waals surface area contributed by atoms with Crippen molar-refractivity contribution >= 4 is 28.1 Å². The van der Waals surface area contributed by atoms with Crippen LogP contribution in [-0.2, 0) is 6.54 Å². The van der Waals surface area contributed by atoms with Crippen molar-refractivity contribution in [3.63, 3.8) is 0 Å². The van der Waals surface area contributed by atoms with Crippen LogP contribution in [0.2, 0.25) is 0 Å². The Bertz CT molecular complexity index is 1320. The molecule has 1 aromatic carbocycles. The molecular weight excluding hydrogens is 471 g/mol. The molecule has 0 radical (unpaired) electrons. The number of hydrogen-bond acceptors (Lipinski definition) is 4. The molecule has 0 aliphatic carbocycles. The molecule has 3 aromatic heterocycles. The summed E-state index contributed by atoms with van der Waals surface area (Å²) in [6, 6.07) is 6.88. The van der Waals surface area contributed by atoms with Crippen LogP contribution in [0.15, 0.2) is 47.5 Å². The van der Waals surface area contributed by atoms with Crippen LogP contribution in [0, 0.1) is 19.7 Å². The third kappa shape index (κ3) is 4.02. The van der Waals surface area contributed by atoms with Crippen molar-refractivity contribution in [1.82, 2.24) is 29.3 Å². The number of rotatable bonds is 4. The van der Waals surface area contributed by atoms with E-state index in [1.807, 2.05) is 52.9 Å². The fraction of sp³-hybridized carbons (Fsp3) is 0.250. The Balaban J connectivity index is 1.40. The quantitative estimate of drug-likeness (QED) is 0.378. The summed E-state index contributed by atoms with van der Waals surface area (Å²) in [5.74, 6) is 1.40. The van der Waals surface area contributed by atoms with Gasteiger partial charge in [0.15, 0.2) is 5.82 Å². The fourth-order valence-electron chi connectivity index (χ4n) is 4.16. The Morgan fingerprint density at radius 2 is 2.03 bits per heavy atom. The summed E-state index contributed by atoms with van der Waals surface area (Å²) >= 11 is 3.51. The van der Waals surface area contributed by atoms with Crippen molar-refractivity contribution in [2.24, 2.45) is 0 Å². The largest absolute Gasteiger partial charge is 0.304 e. The number of pyridine rings is 1. The molecule has 8 heteroatoms. The van der Waals surface area contributed by atoms with Crippen molar-refractivity contribution in [3.05, 3.63) is 87.4 Å². The summed E-state index contributed by atoms with van der Waals surface area (Å²) in [5.41, 5.74) is 4.96. The van der Waals surface area contributed by atoms with Crippen LogP contribution >= 0.6 is 15.9 Å². The lowest BCUT2D eigenvalue weighted by Gasteiger charge is -2.23. The van der Waals surface area contributed by atoms with Crippen LogP contribution in [-0.4, -0.2) is 29.3 Å². The molecule has 0 bridgehead atoms. The predicted molar refractivity (Wildman–Crippen MR) is 125 cm³/mol. The SMILES string of the molecule is Cc1cn(-c2cnc(/C=C/c3nc4n(n3)CCC[C@@H]4c3ccc(F)cc3Br)cc2C)cn1. The minimum Gasteiger partial charge on any atom is -0.304 e. The molecule has 0 amide bonds. The number of hydrogen-bond donors (Lipinski definition) is 0. The number of imidazole rings is 1. The molecule has 162 valence electrons. The highest BCUT2D eigenvalue weighted by molar-refractivity contribution is 9.10. The molecule has 0 unspecified atom stereocenters. The zero-order chi connectivity index (χ0) is 22.2. The second-order valence-corrected chi connectivity index (χ2v) is 8.92. The molecule has 5 rings (SSSR count).